The summed E-state index contributed by atoms with van der Waals surface area (Å²) in [7, 11) is 1.62. The maximum Gasteiger partial charge on any atom is 0.243 e. The number of ketones is 1. The standard InChI is InChI=1S/C19H33N3O4/c1-7-9-15(13(5)23)20-18(25)17(12(3)4)21(6)19(26)14-10-22(11-14)16(24)8-2/h12,14-15,17H,7-11H2,1-6H3,(H,20,25). The Morgan fingerprint density at radius 1 is 1.15 bits per heavy atom. The molecule has 1 heterocycles. The van der Waals surface area contributed by atoms with E-state index in [2.05, 4.69) is 5.32 Å². The number of hydrogen-bond donors (Lipinski definition) is 1. The lowest BCUT2D eigenvalue weighted by Crippen LogP contribution is -2.60. The molecule has 7 heteroatoms. The minimum Gasteiger partial charge on any atom is -0.345 e. The van der Waals surface area contributed by atoms with Gasteiger partial charge in [-0.1, -0.05) is 34.1 Å². The lowest BCUT2D eigenvalue weighted by molar-refractivity contribution is -0.152. The SMILES string of the molecule is CCCC(NC(=O)C(C(C)C)N(C)C(=O)C1CN(C(=O)CC)C1)C(C)=O. The molecular formula is C19H33N3O4. The molecule has 0 aromatic carbocycles. The van der Waals surface area contributed by atoms with Crippen LogP contribution in [0.3, 0.4) is 0 Å². The number of Topliss-reactive ketones (excluding diaryl/α,β-unsaturated/α-hetero) is 1. The number of amides is 3. The van der Waals surface area contributed by atoms with Gasteiger partial charge in [-0.05, 0) is 19.3 Å². The summed E-state index contributed by atoms with van der Waals surface area (Å²) in [4.78, 5) is 52.0. The summed E-state index contributed by atoms with van der Waals surface area (Å²) in [6, 6.07) is -1.16. The topological polar surface area (TPSA) is 86.8 Å². The third-order valence-electron chi connectivity index (χ3n) is 4.94. The van der Waals surface area contributed by atoms with Gasteiger partial charge in [-0.2, -0.15) is 0 Å². The summed E-state index contributed by atoms with van der Waals surface area (Å²) < 4.78 is 0. The lowest BCUT2D eigenvalue weighted by atomic mass is 9.94. The van der Waals surface area contributed by atoms with Crippen molar-refractivity contribution in [1.82, 2.24) is 15.1 Å². The summed E-state index contributed by atoms with van der Waals surface area (Å²) in [6.45, 7) is 9.80. The molecule has 2 unspecified atom stereocenters. The van der Waals surface area contributed by atoms with Crippen LogP contribution < -0.4 is 5.32 Å². The van der Waals surface area contributed by atoms with E-state index in [0.29, 0.717) is 25.9 Å². The maximum absolute atomic E-state index is 12.7. The van der Waals surface area contributed by atoms with Crippen molar-refractivity contribution in [2.45, 2.75) is 66.0 Å². The Hall–Kier alpha value is -1.92. The summed E-state index contributed by atoms with van der Waals surface area (Å²) >= 11 is 0. The van der Waals surface area contributed by atoms with Gasteiger partial charge in [-0.15, -0.1) is 0 Å². The molecule has 1 aliphatic rings. The van der Waals surface area contributed by atoms with E-state index in [1.807, 2.05) is 20.8 Å². The van der Waals surface area contributed by atoms with Gasteiger partial charge in [0.1, 0.15) is 6.04 Å². The van der Waals surface area contributed by atoms with Crippen molar-refractivity contribution in [1.29, 1.82) is 0 Å². The Kier molecular flexibility index (Phi) is 8.24. The number of likely N-dealkylation sites (N-methyl/N-ethyl adjacent to an activating group) is 1. The van der Waals surface area contributed by atoms with Crippen LogP contribution in [0.5, 0.6) is 0 Å². The molecule has 0 aromatic rings. The zero-order chi connectivity index (χ0) is 20.0. The van der Waals surface area contributed by atoms with Gasteiger partial charge in [0, 0.05) is 26.6 Å². The Morgan fingerprint density at radius 3 is 2.15 bits per heavy atom. The Bertz CT molecular complexity index is 541. The highest BCUT2D eigenvalue weighted by molar-refractivity contribution is 5.93. The van der Waals surface area contributed by atoms with Crippen LogP contribution in [0.4, 0.5) is 0 Å². The minimum atomic E-state index is -0.642. The summed E-state index contributed by atoms with van der Waals surface area (Å²) in [5, 5.41) is 2.80. The Labute approximate surface area is 156 Å². The van der Waals surface area contributed by atoms with Gasteiger partial charge >= 0.3 is 0 Å². The van der Waals surface area contributed by atoms with E-state index >= 15 is 0 Å². The fraction of sp³-hybridized carbons (Fsp3) is 0.789. The Balaban J connectivity index is 2.76. The van der Waals surface area contributed by atoms with Gasteiger partial charge < -0.3 is 15.1 Å². The summed E-state index contributed by atoms with van der Waals surface area (Å²) in [6.07, 6.45) is 1.80. The van der Waals surface area contributed by atoms with E-state index in [1.54, 1.807) is 18.9 Å². The average molecular weight is 367 g/mol. The molecule has 148 valence electrons. The van der Waals surface area contributed by atoms with E-state index in [4.69, 9.17) is 0 Å². The number of carbonyl (C=O) groups excluding carboxylic acids is 4. The van der Waals surface area contributed by atoms with Gasteiger partial charge in [0.25, 0.3) is 0 Å². The number of rotatable bonds is 9. The van der Waals surface area contributed by atoms with Gasteiger partial charge in [0.15, 0.2) is 5.78 Å². The van der Waals surface area contributed by atoms with Gasteiger partial charge in [0.05, 0.1) is 12.0 Å². The van der Waals surface area contributed by atoms with E-state index in [0.717, 1.165) is 6.42 Å². The first-order valence-corrected chi connectivity index (χ1v) is 9.49. The summed E-state index contributed by atoms with van der Waals surface area (Å²) in [5.41, 5.74) is 0. The van der Waals surface area contributed by atoms with E-state index in [9.17, 15) is 19.2 Å². The highest BCUT2D eigenvalue weighted by atomic mass is 16.2. The second-order valence-electron chi connectivity index (χ2n) is 7.45. The molecule has 0 saturated carbocycles. The predicted molar refractivity (Wildman–Crippen MR) is 99.3 cm³/mol. The van der Waals surface area contributed by atoms with Crippen LogP contribution in [-0.4, -0.2) is 65.5 Å². The number of carbonyl (C=O) groups is 4. The molecule has 0 aliphatic carbocycles. The maximum atomic E-state index is 12.7. The molecule has 2 atom stereocenters. The smallest absolute Gasteiger partial charge is 0.243 e. The van der Waals surface area contributed by atoms with Crippen LogP contribution in [-0.2, 0) is 19.2 Å². The van der Waals surface area contributed by atoms with Crippen molar-refractivity contribution in [3.05, 3.63) is 0 Å². The molecule has 26 heavy (non-hydrogen) atoms. The highest BCUT2D eigenvalue weighted by Gasteiger charge is 2.40. The second-order valence-corrected chi connectivity index (χ2v) is 7.45. The molecule has 0 radical (unpaired) electrons. The summed E-state index contributed by atoms with van der Waals surface area (Å²) in [5.74, 6) is -0.822. The minimum absolute atomic E-state index is 0.0405. The molecule has 1 rings (SSSR count). The third-order valence-corrected chi connectivity index (χ3v) is 4.94. The number of likely N-dealkylation sites (tertiary alicyclic amines) is 1. The normalized spacial score (nSPS) is 16.7. The number of hydrogen-bond acceptors (Lipinski definition) is 4. The van der Waals surface area contributed by atoms with Gasteiger partial charge in [-0.3, -0.25) is 19.2 Å². The van der Waals surface area contributed by atoms with Crippen LogP contribution in [0, 0.1) is 11.8 Å². The second kappa shape index (κ2) is 9.69. The number of nitrogens with one attached hydrogen (secondary N) is 1. The molecular weight excluding hydrogens is 334 g/mol. The van der Waals surface area contributed by atoms with Crippen molar-refractivity contribution >= 4 is 23.5 Å². The lowest BCUT2D eigenvalue weighted by Gasteiger charge is -2.42. The largest absolute Gasteiger partial charge is 0.345 e. The molecule has 1 fully saturated rings. The van der Waals surface area contributed by atoms with Crippen LogP contribution in [0.15, 0.2) is 0 Å². The zero-order valence-corrected chi connectivity index (χ0v) is 16.9. The predicted octanol–water partition coefficient (Wildman–Crippen LogP) is 1.21. The fourth-order valence-electron chi connectivity index (χ4n) is 3.34. The molecule has 0 aromatic heterocycles. The highest BCUT2D eigenvalue weighted by Crippen LogP contribution is 2.21. The number of nitrogens with zero attached hydrogens (tertiary/aromatic N) is 2. The van der Waals surface area contributed by atoms with Crippen molar-refractivity contribution < 1.29 is 19.2 Å². The van der Waals surface area contributed by atoms with Crippen molar-refractivity contribution in [3.63, 3.8) is 0 Å². The van der Waals surface area contributed by atoms with E-state index in [-0.39, 0.29) is 35.3 Å². The van der Waals surface area contributed by atoms with Crippen LogP contribution >= 0.6 is 0 Å². The first kappa shape index (κ1) is 22.1. The van der Waals surface area contributed by atoms with E-state index < -0.39 is 12.1 Å². The fourth-order valence-corrected chi connectivity index (χ4v) is 3.34. The first-order valence-electron chi connectivity index (χ1n) is 9.49. The molecule has 1 saturated heterocycles. The van der Waals surface area contributed by atoms with Crippen LogP contribution in [0.1, 0.15) is 53.9 Å². The average Bonchev–Trinajstić information content (AvgIpc) is 2.52. The van der Waals surface area contributed by atoms with E-state index in [1.165, 1.54) is 11.8 Å². The zero-order valence-electron chi connectivity index (χ0n) is 16.9. The first-order chi connectivity index (χ1) is 12.1. The van der Waals surface area contributed by atoms with Crippen molar-refractivity contribution in [2.24, 2.45) is 11.8 Å². The Morgan fingerprint density at radius 2 is 1.73 bits per heavy atom. The third kappa shape index (κ3) is 5.29. The quantitative estimate of drug-likeness (QED) is 0.664. The molecule has 1 aliphatic heterocycles. The van der Waals surface area contributed by atoms with Crippen molar-refractivity contribution in [3.8, 4) is 0 Å². The molecule has 0 bridgehead atoms. The molecule has 1 N–H and O–H groups in total. The van der Waals surface area contributed by atoms with Gasteiger partial charge in [-0.25, -0.2) is 0 Å². The van der Waals surface area contributed by atoms with Crippen LogP contribution in [0.2, 0.25) is 0 Å². The molecule has 0 spiro atoms. The van der Waals surface area contributed by atoms with Gasteiger partial charge in [0.2, 0.25) is 17.7 Å². The van der Waals surface area contributed by atoms with Crippen molar-refractivity contribution in [2.75, 3.05) is 20.1 Å². The van der Waals surface area contributed by atoms with Crippen LogP contribution in [0.25, 0.3) is 0 Å². The molecule has 3 amide bonds. The molecule has 7 nitrogen and oxygen atoms in total. The monoisotopic (exact) mass is 367 g/mol.